The highest BCUT2D eigenvalue weighted by atomic mass is 19.1. The molecule has 1 heterocycles. The highest BCUT2D eigenvalue weighted by molar-refractivity contribution is 5.94. The molecule has 1 atom stereocenters. The predicted molar refractivity (Wildman–Crippen MR) is 137 cm³/mol. The van der Waals surface area contributed by atoms with E-state index < -0.39 is 6.04 Å². The number of carbonyl (C=O) groups is 1. The quantitative estimate of drug-likeness (QED) is 0.306. The molecule has 0 aliphatic heterocycles. The van der Waals surface area contributed by atoms with E-state index in [-0.39, 0.29) is 17.3 Å². The minimum Gasteiger partial charge on any atom is -0.328 e. The van der Waals surface area contributed by atoms with Crippen LogP contribution < -0.4 is 5.56 Å². The third-order valence-corrected chi connectivity index (χ3v) is 6.26. The second-order valence-corrected chi connectivity index (χ2v) is 8.75. The van der Waals surface area contributed by atoms with Gasteiger partial charge in [0.25, 0.3) is 11.5 Å². The van der Waals surface area contributed by atoms with Crippen LogP contribution in [0.15, 0.2) is 77.6 Å². The van der Waals surface area contributed by atoms with E-state index in [0.717, 1.165) is 18.4 Å². The van der Waals surface area contributed by atoms with Crippen LogP contribution in [0, 0.1) is 12.7 Å². The largest absolute Gasteiger partial charge is 0.328 e. The van der Waals surface area contributed by atoms with Gasteiger partial charge in [0.15, 0.2) is 0 Å². The minimum atomic E-state index is -0.447. The van der Waals surface area contributed by atoms with Gasteiger partial charge in [-0.15, -0.1) is 0 Å². The summed E-state index contributed by atoms with van der Waals surface area (Å²) in [7, 11) is 0. The van der Waals surface area contributed by atoms with Gasteiger partial charge < -0.3 is 4.90 Å². The molecule has 3 aromatic carbocycles. The molecule has 4 rings (SSSR count). The monoisotopic (exact) mass is 471 g/mol. The zero-order valence-electron chi connectivity index (χ0n) is 20.4. The van der Waals surface area contributed by atoms with Crippen molar-refractivity contribution in [1.82, 2.24) is 14.5 Å². The minimum absolute atomic E-state index is 0.0987. The first-order valence-corrected chi connectivity index (χ1v) is 12.1. The van der Waals surface area contributed by atoms with Gasteiger partial charge in [-0.3, -0.25) is 14.2 Å². The van der Waals surface area contributed by atoms with Gasteiger partial charge in [-0.25, -0.2) is 9.37 Å². The van der Waals surface area contributed by atoms with Gasteiger partial charge in [-0.05, 0) is 68.3 Å². The number of para-hydroxylation sites is 1. The standard InChI is InChI=1S/C29H30FN3O2/c1-4-6-19-32(28(34)21-13-11-20(3)12-14-21)26(5-2)27-31-25-10-8-7-9-24(25)29(35)33(27)23-17-15-22(30)16-18-23/h7-18,26H,4-6,19H2,1-3H3. The Labute approximate surface area is 204 Å². The van der Waals surface area contributed by atoms with E-state index >= 15 is 0 Å². The molecule has 0 aliphatic carbocycles. The van der Waals surface area contributed by atoms with Crippen molar-refractivity contribution in [3.8, 4) is 5.69 Å². The van der Waals surface area contributed by atoms with E-state index in [9.17, 15) is 14.0 Å². The zero-order chi connectivity index (χ0) is 24.9. The van der Waals surface area contributed by atoms with Gasteiger partial charge in [-0.1, -0.05) is 50.1 Å². The van der Waals surface area contributed by atoms with Crippen LogP contribution in [0.5, 0.6) is 0 Å². The first-order valence-electron chi connectivity index (χ1n) is 12.1. The van der Waals surface area contributed by atoms with Gasteiger partial charge in [0.2, 0.25) is 0 Å². The number of rotatable bonds is 8. The zero-order valence-corrected chi connectivity index (χ0v) is 20.4. The Bertz CT molecular complexity index is 1380. The average molecular weight is 472 g/mol. The third kappa shape index (κ3) is 5.02. The second-order valence-electron chi connectivity index (χ2n) is 8.75. The molecule has 1 amide bonds. The molecule has 0 saturated heterocycles. The molecule has 0 spiro atoms. The lowest BCUT2D eigenvalue weighted by atomic mass is 10.1. The number of amides is 1. The van der Waals surface area contributed by atoms with Crippen molar-refractivity contribution >= 4 is 16.8 Å². The molecule has 0 radical (unpaired) electrons. The first-order chi connectivity index (χ1) is 16.9. The fraction of sp³-hybridized carbons (Fsp3) is 0.276. The number of hydrogen-bond donors (Lipinski definition) is 0. The van der Waals surface area contributed by atoms with Crippen LogP contribution in [0.3, 0.4) is 0 Å². The van der Waals surface area contributed by atoms with E-state index in [1.807, 2.05) is 49.1 Å². The van der Waals surface area contributed by atoms with Crippen molar-refractivity contribution in [2.24, 2.45) is 0 Å². The summed E-state index contributed by atoms with van der Waals surface area (Å²) in [4.78, 5) is 34.2. The lowest BCUT2D eigenvalue weighted by Gasteiger charge is -2.32. The topological polar surface area (TPSA) is 55.2 Å². The van der Waals surface area contributed by atoms with Crippen LogP contribution in [-0.2, 0) is 0 Å². The Morgan fingerprint density at radius 3 is 2.34 bits per heavy atom. The summed E-state index contributed by atoms with van der Waals surface area (Å²) in [5.41, 5.74) is 2.52. The normalized spacial score (nSPS) is 12.0. The predicted octanol–water partition coefficient (Wildman–Crippen LogP) is 6.23. The fourth-order valence-corrected chi connectivity index (χ4v) is 4.34. The lowest BCUT2D eigenvalue weighted by molar-refractivity contribution is 0.0656. The van der Waals surface area contributed by atoms with Crippen molar-refractivity contribution < 1.29 is 9.18 Å². The lowest BCUT2D eigenvalue weighted by Crippen LogP contribution is -2.39. The van der Waals surface area contributed by atoms with Crippen LogP contribution in [0.1, 0.15) is 60.9 Å². The van der Waals surface area contributed by atoms with Crippen LogP contribution >= 0.6 is 0 Å². The van der Waals surface area contributed by atoms with Crippen LogP contribution in [0.4, 0.5) is 4.39 Å². The molecule has 0 fully saturated rings. The van der Waals surface area contributed by atoms with Gasteiger partial charge in [0.05, 0.1) is 22.6 Å². The highest BCUT2D eigenvalue weighted by Gasteiger charge is 2.29. The van der Waals surface area contributed by atoms with E-state index in [1.165, 1.54) is 16.7 Å². The molecular weight excluding hydrogens is 441 g/mol. The molecule has 1 aromatic heterocycles. The van der Waals surface area contributed by atoms with Crippen molar-refractivity contribution in [3.05, 3.63) is 106 Å². The number of unbranched alkanes of at least 4 members (excludes halogenated alkanes) is 1. The first kappa shape index (κ1) is 24.3. The molecule has 4 aromatic rings. The Hall–Kier alpha value is -3.80. The number of halogens is 1. The van der Waals surface area contributed by atoms with Crippen LogP contribution in [0.25, 0.3) is 16.6 Å². The number of nitrogens with zero attached hydrogens (tertiary/aromatic N) is 3. The van der Waals surface area contributed by atoms with Crippen LogP contribution in [0.2, 0.25) is 0 Å². The molecule has 0 saturated carbocycles. The number of carbonyl (C=O) groups excluding carboxylic acids is 1. The second kappa shape index (κ2) is 10.6. The van der Waals surface area contributed by atoms with Crippen molar-refractivity contribution in [3.63, 3.8) is 0 Å². The SMILES string of the molecule is CCCCN(C(=O)c1ccc(C)cc1)C(CC)c1nc2ccccc2c(=O)n1-c1ccc(F)cc1. The molecule has 1 unspecified atom stereocenters. The molecule has 0 bridgehead atoms. The molecule has 5 nitrogen and oxygen atoms in total. The summed E-state index contributed by atoms with van der Waals surface area (Å²) in [5.74, 6) is -0.0130. The molecular formula is C29H30FN3O2. The van der Waals surface area contributed by atoms with E-state index in [0.29, 0.717) is 40.9 Å². The summed E-state index contributed by atoms with van der Waals surface area (Å²) in [6, 6.07) is 20.1. The van der Waals surface area contributed by atoms with Crippen molar-refractivity contribution in [1.29, 1.82) is 0 Å². The number of aromatic nitrogens is 2. The fourth-order valence-electron chi connectivity index (χ4n) is 4.34. The van der Waals surface area contributed by atoms with Crippen molar-refractivity contribution in [2.45, 2.75) is 46.1 Å². The highest BCUT2D eigenvalue weighted by Crippen LogP contribution is 2.28. The van der Waals surface area contributed by atoms with Gasteiger partial charge in [-0.2, -0.15) is 0 Å². The Balaban J connectivity index is 1.92. The maximum atomic E-state index is 13.7. The molecule has 35 heavy (non-hydrogen) atoms. The smallest absolute Gasteiger partial charge is 0.266 e. The van der Waals surface area contributed by atoms with Crippen LogP contribution in [-0.4, -0.2) is 26.9 Å². The summed E-state index contributed by atoms with van der Waals surface area (Å²) >= 11 is 0. The Morgan fingerprint density at radius 2 is 1.69 bits per heavy atom. The van der Waals surface area contributed by atoms with Gasteiger partial charge >= 0.3 is 0 Å². The Morgan fingerprint density at radius 1 is 1.00 bits per heavy atom. The molecule has 0 N–H and O–H groups in total. The third-order valence-electron chi connectivity index (χ3n) is 6.26. The Kier molecular flexibility index (Phi) is 7.39. The van der Waals surface area contributed by atoms with Crippen molar-refractivity contribution in [2.75, 3.05) is 6.54 Å². The summed E-state index contributed by atoms with van der Waals surface area (Å²) < 4.78 is 15.2. The van der Waals surface area contributed by atoms with E-state index in [2.05, 4.69) is 6.92 Å². The molecule has 180 valence electrons. The molecule has 0 aliphatic rings. The summed E-state index contributed by atoms with van der Waals surface area (Å²) in [5, 5.41) is 0.473. The number of fused-ring (bicyclic) bond motifs is 1. The van der Waals surface area contributed by atoms with Gasteiger partial charge in [0.1, 0.15) is 11.6 Å². The number of aryl methyl sites for hydroxylation is 1. The summed E-state index contributed by atoms with van der Waals surface area (Å²) in [6.07, 6.45) is 2.31. The van der Waals surface area contributed by atoms with Gasteiger partial charge in [0, 0.05) is 12.1 Å². The molecule has 6 heteroatoms. The van der Waals surface area contributed by atoms with E-state index in [1.54, 1.807) is 30.3 Å². The maximum Gasteiger partial charge on any atom is 0.266 e. The van der Waals surface area contributed by atoms with E-state index in [4.69, 9.17) is 4.98 Å². The number of benzene rings is 3. The maximum absolute atomic E-state index is 13.7. The number of hydrogen-bond acceptors (Lipinski definition) is 3. The summed E-state index contributed by atoms with van der Waals surface area (Å²) in [6.45, 7) is 6.59. The average Bonchev–Trinajstić information content (AvgIpc) is 2.87.